The Bertz CT molecular complexity index is 796. The van der Waals surface area contributed by atoms with Crippen LogP contribution in [0.4, 0.5) is 0 Å². The fourth-order valence-corrected chi connectivity index (χ4v) is 2.73. The van der Waals surface area contributed by atoms with Crippen LogP contribution < -0.4 is 5.32 Å². The molecule has 6 heteroatoms. The Labute approximate surface area is 158 Å². The van der Waals surface area contributed by atoms with Crippen molar-refractivity contribution in [2.45, 2.75) is 26.3 Å². The molecule has 1 atom stereocenters. The fourth-order valence-electron chi connectivity index (χ4n) is 2.73. The molecule has 27 heavy (non-hydrogen) atoms. The highest BCUT2D eigenvalue weighted by molar-refractivity contribution is 5.92. The van der Waals surface area contributed by atoms with Crippen LogP contribution in [-0.2, 0) is 25.5 Å². The Morgan fingerprint density at radius 1 is 1.00 bits per heavy atom. The summed E-state index contributed by atoms with van der Waals surface area (Å²) in [6.07, 6.45) is 0.282. The number of amides is 1. The van der Waals surface area contributed by atoms with Crippen molar-refractivity contribution in [2.24, 2.45) is 0 Å². The minimum Gasteiger partial charge on any atom is -0.467 e. The van der Waals surface area contributed by atoms with E-state index in [4.69, 9.17) is 9.47 Å². The summed E-state index contributed by atoms with van der Waals surface area (Å²) in [5.41, 5.74) is 3.12. The number of aryl methyl sites for hydroxylation is 2. The molecule has 0 saturated carbocycles. The van der Waals surface area contributed by atoms with Gasteiger partial charge in [0.05, 0.1) is 12.7 Å². The Morgan fingerprint density at radius 3 is 2.22 bits per heavy atom. The molecule has 0 aromatic heterocycles. The summed E-state index contributed by atoms with van der Waals surface area (Å²) >= 11 is 0. The molecule has 0 aliphatic heterocycles. The van der Waals surface area contributed by atoms with Gasteiger partial charge in [-0.3, -0.25) is 4.79 Å². The van der Waals surface area contributed by atoms with Crippen LogP contribution in [0.2, 0.25) is 0 Å². The monoisotopic (exact) mass is 369 g/mol. The first-order valence-corrected chi connectivity index (χ1v) is 8.55. The fraction of sp³-hybridized carbons (Fsp3) is 0.286. The Hall–Kier alpha value is -3.15. The highest BCUT2D eigenvalue weighted by atomic mass is 16.5. The molecule has 0 heterocycles. The van der Waals surface area contributed by atoms with Gasteiger partial charge in [-0.1, -0.05) is 47.5 Å². The smallest absolute Gasteiger partial charge is 0.338 e. The molecule has 0 bridgehead atoms. The van der Waals surface area contributed by atoms with Crippen LogP contribution in [0, 0.1) is 13.8 Å². The number of hydrogen-bond acceptors (Lipinski definition) is 5. The minimum atomic E-state index is -0.857. The SMILES string of the molecule is COC(=O)[C@H](Cc1ccccc1)NC(=O)COC(=O)c1cc(C)cc(C)c1. The van der Waals surface area contributed by atoms with Crippen molar-refractivity contribution < 1.29 is 23.9 Å². The van der Waals surface area contributed by atoms with Crippen LogP contribution in [-0.4, -0.2) is 37.6 Å². The number of rotatable bonds is 7. The number of nitrogens with one attached hydrogen (secondary N) is 1. The molecule has 0 saturated heterocycles. The second kappa shape index (κ2) is 9.52. The number of carbonyl (C=O) groups is 3. The van der Waals surface area contributed by atoms with Crippen LogP contribution in [0.5, 0.6) is 0 Å². The van der Waals surface area contributed by atoms with E-state index >= 15 is 0 Å². The second-order valence-electron chi connectivity index (χ2n) is 6.29. The maximum absolute atomic E-state index is 12.1. The zero-order valence-corrected chi connectivity index (χ0v) is 15.7. The van der Waals surface area contributed by atoms with Gasteiger partial charge >= 0.3 is 11.9 Å². The highest BCUT2D eigenvalue weighted by Gasteiger charge is 2.22. The summed E-state index contributed by atoms with van der Waals surface area (Å²) in [6.45, 7) is 3.27. The average molecular weight is 369 g/mol. The maximum atomic E-state index is 12.1. The van der Waals surface area contributed by atoms with Gasteiger partial charge < -0.3 is 14.8 Å². The lowest BCUT2D eigenvalue weighted by molar-refractivity contribution is -0.145. The summed E-state index contributed by atoms with van der Waals surface area (Å²) in [6, 6.07) is 13.7. The molecule has 6 nitrogen and oxygen atoms in total. The number of ether oxygens (including phenoxy) is 2. The van der Waals surface area contributed by atoms with Gasteiger partial charge in [0, 0.05) is 6.42 Å². The molecule has 0 aliphatic rings. The number of benzene rings is 2. The van der Waals surface area contributed by atoms with Crippen LogP contribution >= 0.6 is 0 Å². The molecule has 0 radical (unpaired) electrons. The van der Waals surface area contributed by atoms with E-state index in [1.807, 2.05) is 50.2 Å². The van der Waals surface area contributed by atoms with Crippen molar-refractivity contribution in [2.75, 3.05) is 13.7 Å². The zero-order valence-electron chi connectivity index (χ0n) is 15.7. The van der Waals surface area contributed by atoms with Gasteiger partial charge in [0.2, 0.25) is 0 Å². The Balaban J connectivity index is 1.94. The molecule has 0 unspecified atom stereocenters. The van der Waals surface area contributed by atoms with E-state index in [9.17, 15) is 14.4 Å². The second-order valence-corrected chi connectivity index (χ2v) is 6.29. The van der Waals surface area contributed by atoms with Crippen molar-refractivity contribution >= 4 is 17.8 Å². The van der Waals surface area contributed by atoms with Gasteiger partial charge in [-0.2, -0.15) is 0 Å². The number of hydrogen-bond donors (Lipinski definition) is 1. The molecule has 0 aliphatic carbocycles. The molecule has 2 aromatic rings. The number of methoxy groups -OCH3 is 1. The summed E-state index contributed by atoms with van der Waals surface area (Å²) in [5, 5.41) is 2.56. The van der Waals surface area contributed by atoms with Gasteiger partial charge in [-0.05, 0) is 31.5 Å². The molecular formula is C21H23NO5. The predicted molar refractivity (Wildman–Crippen MR) is 100 cm³/mol. The quantitative estimate of drug-likeness (QED) is 0.758. The van der Waals surface area contributed by atoms with Crippen molar-refractivity contribution in [3.8, 4) is 0 Å². The first kappa shape index (κ1) is 20.2. The summed E-state index contributed by atoms with van der Waals surface area (Å²) in [5.74, 6) is -1.72. The van der Waals surface area contributed by atoms with Gasteiger partial charge in [-0.15, -0.1) is 0 Å². The van der Waals surface area contributed by atoms with Gasteiger partial charge in [0.15, 0.2) is 6.61 Å². The normalized spacial score (nSPS) is 11.4. The number of carbonyl (C=O) groups excluding carboxylic acids is 3. The largest absolute Gasteiger partial charge is 0.467 e. The van der Waals surface area contributed by atoms with Gasteiger partial charge in [-0.25, -0.2) is 9.59 Å². The van der Waals surface area contributed by atoms with Crippen molar-refractivity contribution in [3.63, 3.8) is 0 Å². The Kier molecular flexibility index (Phi) is 7.11. The van der Waals surface area contributed by atoms with E-state index in [1.165, 1.54) is 7.11 Å². The molecule has 1 N–H and O–H groups in total. The third-order valence-electron chi connectivity index (χ3n) is 3.90. The van der Waals surface area contributed by atoms with E-state index in [1.54, 1.807) is 12.1 Å². The third kappa shape index (κ3) is 6.26. The highest BCUT2D eigenvalue weighted by Crippen LogP contribution is 2.10. The van der Waals surface area contributed by atoms with E-state index in [2.05, 4.69) is 5.32 Å². The lowest BCUT2D eigenvalue weighted by Gasteiger charge is -2.16. The molecule has 2 rings (SSSR count). The molecular weight excluding hydrogens is 346 g/mol. The molecule has 1 amide bonds. The average Bonchev–Trinajstić information content (AvgIpc) is 2.65. The van der Waals surface area contributed by atoms with Crippen LogP contribution in [0.1, 0.15) is 27.0 Å². The lowest BCUT2D eigenvalue weighted by Crippen LogP contribution is -2.44. The van der Waals surface area contributed by atoms with Crippen molar-refractivity contribution in [1.29, 1.82) is 0 Å². The topological polar surface area (TPSA) is 81.7 Å². The molecule has 0 spiro atoms. The third-order valence-corrected chi connectivity index (χ3v) is 3.90. The van der Waals surface area contributed by atoms with Crippen molar-refractivity contribution in [1.82, 2.24) is 5.32 Å². The van der Waals surface area contributed by atoms with Gasteiger partial charge in [0.1, 0.15) is 6.04 Å². The summed E-state index contributed by atoms with van der Waals surface area (Å²) < 4.78 is 9.81. The zero-order chi connectivity index (χ0) is 19.8. The van der Waals surface area contributed by atoms with Crippen LogP contribution in [0.3, 0.4) is 0 Å². The Morgan fingerprint density at radius 2 is 1.63 bits per heavy atom. The molecule has 2 aromatic carbocycles. The van der Waals surface area contributed by atoms with E-state index in [0.717, 1.165) is 16.7 Å². The van der Waals surface area contributed by atoms with Crippen LogP contribution in [0.25, 0.3) is 0 Å². The van der Waals surface area contributed by atoms with Gasteiger partial charge in [0.25, 0.3) is 5.91 Å². The standard InChI is InChI=1S/C21H23NO5/c1-14-9-15(2)11-17(10-14)20(24)27-13-19(23)22-18(21(25)26-3)12-16-7-5-4-6-8-16/h4-11,18H,12-13H2,1-3H3,(H,22,23)/t18-/m0/s1. The first-order chi connectivity index (χ1) is 12.9. The summed E-state index contributed by atoms with van der Waals surface area (Å²) in [7, 11) is 1.26. The first-order valence-electron chi connectivity index (χ1n) is 8.55. The molecule has 142 valence electrons. The molecule has 0 fully saturated rings. The maximum Gasteiger partial charge on any atom is 0.338 e. The van der Waals surface area contributed by atoms with E-state index < -0.39 is 30.5 Å². The predicted octanol–water partition coefficient (Wildman–Crippen LogP) is 2.36. The van der Waals surface area contributed by atoms with E-state index in [-0.39, 0.29) is 6.42 Å². The minimum absolute atomic E-state index is 0.282. The van der Waals surface area contributed by atoms with E-state index in [0.29, 0.717) is 5.56 Å². The summed E-state index contributed by atoms with van der Waals surface area (Å²) in [4.78, 5) is 36.2. The van der Waals surface area contributed by atoms with Crippen LogP contribution in [0.15, 0.2) is 48.5 Å². The lowest BCUT2D eigenvalue weighted by atomic mass is 10.1. The number of esters is 2. The van der Waals surface area contributed by atoms with Crippen molar-refractivity contribution in [3.05, 3.63) is 70.8 Å².